The molecule has 2 fully saturated rings. The van der Waals surface area contributed by atoms with Crippen LogP contribution in [0.1, 0.15) is 19.4 Å². The molecule has 2 saturated heterocycles. The molecule has 3 rings (SSSR count). The summed E-state index contributed by atoms with van der Waals surface area (Å²) >= 11 is 0. The van der Waals surface area contributed by atoms with Crippen LogP contribution in [0.15, 0.2) is 43.0 Å². The van der Waals surface area contributed by atoms with Gasteiger partial charge in [0.05, 0.1) is 0 Å². The minimum Gasteiger partial charge on any atom is -0.335 e. The molecule has 1 unspecified atom stereocenters. The first-order valence-electron chi connectivity index (χ1n) is 9.18. The van der Waals surface area contributed by atoms with Crippen molar-refractivity contribution in [2.45, 2.75) is 25.4 Å². The molecule has 8 nitrogen and oxygen atoms in total. The van der Waals surface area contributed by atoms with E-state index in [9.17, 15) is 19.2 Å². The lowest BCUT2D eigenvalue weighted by molar-refractivity contribution is -0.143. The number of carbonyl (C=O) groups excluding carboxylic acids is 4. The molecule has 5 amide bonds. The van der Waals surface area contributed by atoms with E-state index in [0.717, 1.165) is 4.90 Å². The lowest BCUT2D eigenvalue weighted by Gasteiger charge is -2.39. The van der Waals surface area contributed by atoms with Crippen LogP contribution in [0.25, 0.3) is 0 Å². The van der Waals surface area contributed by atoms with E-state index < -0.39 is 17.5 Å². The highest BCUT2D eigenvalue weighted by Gasteiger charge is 2.49. The van der Waals surface area contributed by atoms with Crippen molar-refractivity contribution >= 4 is 23.8 Å². The zero-order valence-corrected chi connectivity index (χ0v) is 16.1. The second-order valence-corrected chi connectivity index (χ2v) is 7.24. The Kier molecular flexibility index (Phi) is 5.22. The van der Waals surface area contributed by atoms with Crippen molar-refractivity contribution in [3.05, 3.63) is 48.6 Å². The van der Waals surface area contributed by atoms with E-state index in [1.54, 1.807) is 41.0 Å². The minimum absolute atomic E-state index is 0.174. The number of hydrogen-bond acceptors (Lipinski definition) is 4. The molecule has 8 heteroatoms. The zero-order valence-electron chi connectivity index (χ0n) is 16.1. The summed E-state index contributed by atoms with van der Waals surface area (Å²) in [4.78, 5) is 54.1. The van der Waals surface area contributed by atoms with Crippen LogP contribution in [0.2, 0.25) is 0 Å². The number of hydrogen-bond donors (Lipinski definition) is 1. The monoisotopic (exact) mass is 384 g/mol. The summed E-state index contributed by atoms with van der Waals surface area (Å²) in [7, 11) is 0. The van der Waals surface area contributed by atoms with Crippen molar-refractivity contribution in [2.24, 2.45) is 0 Å². The molecule has 2 aliphatic heterocycles. The molecular formula is C20H24N4O4. The lowest BCUT2D eigenvalue weighted by Crippen LogP contribution is -2.57. The molecular weight excluding hydrogens is 360 g/mol. The Morgan fingerprint density at radius 3 is 2.54 bits per heavy atom. The number of rotatable bonds is 4. The van der Waals surface area contributed by atoms with E-state index >= 15 is 0 Å². The zero-order chi connectivity index (χ0) is 20.5. The van der Waals surface area contributed by atoms with Gasteiger partial charge < -0.3 is 15.1 Å². The van der Waals surface area contributed by atoms with Crippen molar-refractivity contribution < 1.29 is 19.2 Å². The van der Waals surface area contributed by atoms with Crippen LogP contribution in [0.3, 0.4) is 0 Å². The molecule has 0 bridgehead atoms. The molecule has 0 saturated carbocycles. The molecule has 148 valence electrons. The number of urea groups is 1. The first-order valence-corrected chi connectivity index (χ1v) is 9.18. The lowest BCUT2D eigenvalue weighted by atomic mass is 9.92. The largest absolute Gasteiger partial charge is 0.335 e. The number of nitrogens with zero attached hydrogens (tertiary/aromatic N) is 3. The van der Waals surface area contributed by atoms with Gasteiger partial charge in [-0.2, -0.15) is 0 Å². The molecule has 28 heavy (non-hydrogen) atoms. The highest BCUT2D eigenvalue weighted by Crippen LogP contribution is 2.28. The van der Waals surface area contributed by atoms with Gasteiger partial charge in [0.25, 0.3) is 5.91 Å². The summed E-state index contributed by atoms with van der Waals surface area (Å²) in [6, 6.07) is 8.14. The predicted molar refractivity (Wildman–Crippen MR) is 102 cm³/mol. The number of piperazine rings is 1. The summed E-state index contributed by atoms with van der Waals surface area (Å²) in [6.07, 6.45) is 1.25. The van der Waals surface area contributed by atoms with Crippen LogP contribution in [0.5, 0.6) is 0 Å². The van der Waals surface area contributed by atoms with Crippen molar-refractivity contribution in [3.63, 3.8) is 0 Å². The van der Waals surface area contributed by atoms with Gasteiger partial charge in [0.15, 0.2) is 0 Å². The molecule has 0 spiro atoms. The molecule has 2 atom stereocenters. The maximum atomic E-state index is 12.9. The van der Waals surface area contributed by atoms with Crippen LogP contribution in [0.4, 0.5) is 4.79 Å². The summed E-state index contributed by atoms with van der Waals surface area (Å²) in [5.41, 5.74) is -0.535. The molecule has 0 aliphatic carbocycles. The first-order chi connectivity index (χ1) is 13.3. The number of amides is 5. The molecule has 0 aromatic heterocycles. The molecule has 2 aliphatic rings. The van der Waals surface area contributed by atoms with E-state index in [1.165, 1.54) is 6.08 Å². The Morgan fingerprint density at radius 2 is 1.93 bits per heavy atom. The van der Waals surface area contributed by atoms with E-state index in [4.69, 9.17) is 0 Å². The SMILES string of the molecule is C=CC(=O)N1CCN(C(=O)CN2C(=O)NC(C)(c3ccccc3)C2=O)[C@@H](C)C1. The Morgan fingerprint density at radius 1 is 1.25 bits per heavy atom. The molecule has 1 aromatic carbocycles. The molecule has 0 radical (unpaired) electrons. The molecule has 1 aromatic rings. The Balaban J connectivity index is 1.69. The van der Waals surface area contributed by atoms with Crippen LogP contribution < -0.4 is 5.32 Å². The average Bonchev–Trinajstić information content (AvgIpc) is 2.91. The molecule has 1 N–H and O–H groups in total. The summed E-state index contributed by atoms with van der Waals surface area (Å²) in [5, 5.41) is 2.70. The number of benzene rings is 1. The number of carbonyl (C=O) groups is 4. The van der Waals surface area contributed by atoms with Crippen LogP contribution in [-0.2, 0) is 19.9 Å². The first kappa shape index (κ1) is 19.6. The minimum atomic E-state index is -1.20. The van der Waals surface area contributed by atoms with Crippen molar-refractivity contribution in [3.8, 4) is 0 Å². The van der Waals surface area contributed by atoms with E-state index in [1.807, 2.05) is 13.0 Å². The third-order valence-electron chi connectivity index (χ3n) is 5.35. The quantitative estimate of drug-likeness (QED) is 0.611. The third kappa shape index (κ3) is 3.37. The third-order valence-corrected chi connectivity index (χ3v) is 5.35. The predicted octanol–water partition coefficient (Wildman–Crippen LogP) is 0.699. The smallest absolute Gasteiger partial charge is 0.325 e. The fraction of sp³-hybridized carbons (Fsp3) is 0.400. The van der Waals surface area contributed by atoms with Crippen LogP contribution >= 0.6 is 0 Å². The summed E-state index contributed by atoms with van der Waals surface area (Å²) < 4.78 is 0. The fourth-order valence-electron chi connectivity index (χ4n) is 3.69. The highest BCUT2D eigenvalue weighted by molar-refractivity contribution is 6.09. The number of imide groups is 1. The van der Waals surface area contributed by atoms with Crippen molar-refractivity contribution in [1.82, 2.24) is 20.0 Å². The van der Waals surface area contributed by atoms with Crippen molar-refractivity contribution in [2.75, 3.05) is 26.2 Å². The molecule has 2 heterocycles. The maximum absolute atomic E-state index is 12.9. The average molecular weight is 384 g/mol. The summed E-state index contributed by atoms with van der Waals surface area (Å²) in [5.74, 6) is -0.948. The Labute approximate surface area is 163 Å². The Hall–Kier alpha value is -3.16. The second-order valence-electron chi connectivity index (χ2n) is 7.24. The maximum Gasteiger partial charge on any atom is 0.325 e. The standard InChI is InChI=1S/C20H24N4O4/c1-4-16(25)22-10-11-23(14(2)12-22)17(26)13-24-18(27)20(3,21-19(24)28)15-8-6-5-7-9-15/h4-9,14H,1,10-13H2,2-3H3,(H,21,28)/t14-,20?/m0/s1. The normalized spacial score (nSPS) is 24.9. The summed E-state index contributed by atoms with van der Waals surface area (Å²) in [6.45, 7) is 7.75. The second kappa shape index (κ2) is 7.46. The van der Waals surface area contributed by atoms with E-state index in [2.05, 4.69) is 11.9 Å². The van der Waals surface area contributed by atoms with Gasteiger partial charge in [-0.3, -0.25) is 19.3 Å². The van der Waals surface area contributed by atoms with Crippen molar-refractivity contribution in [1.29, 1.82) is 0 Å². The van der Waals surface area contributed by atoms with Gasteiger partial charge in [-0.1, -0.05) is 36.9 Å². The van der Waals surface area contributed by atoms with Crippen LogP contribution in [0, 0.1) is 0 Å². The van der Waals surface area contributed by atoms with Gasteiger partial charge in [0.1, 0.15) is 12.1 Å². The highest BCUT2D eigenvalue weighted by atomic mass is 16.2. The van der Waals surface area contributed by atoms with Gasteiger partial charge in [-0.25, -0.2) is 4.79 Å². The van der Waals surface area contributed by atoms with E-state index in [-0.39, 0.29) is 24.4 Å². The van der Waals surface area contributed by atoms with Gasteiger partial charge in [-0.05, 0) is 25.5 Å². The fourth-order valence-corrected chi connectivity index (χ4v) is 3.69. The van der Waals surface area contributed by atoms with Crippen LogP contribution in [-0.4, -0.2) is 70.7 Å². The van der Waals surface area contributed by atoms with E-state index in [0.29, 0.717) is 25.2 Å². The topological polar surface area (TPSA) is 90.0 Å². The van der Waals surface area contributed by atoms with Gasteiger partial charge in [0.2, 0.25) is 11.8 Å². The number of nitrogens with one attached hydrogen (secondary N) is 1. The Bertz CT molecular complexity index is 825. The van der Waals surface area contributed by atoms with Gasteiger partial charge in [-0.15, -0.1) is 0 Å². The van der Waals surface area contributed by atoms with Gasteiger partial charge >= 0.3 is 6.03 Å². The van der Waals surface area contributed by atoms with Gasteiger partial charge in [0, 0.05) is 25.7 Å².